The summed E-state index contributed by atoms with van der Waals surface area (Å²) in [6.45, 7) is 2.31. The monoisotopic (exact) mass is 330 g/mol. The number of hydrogen-bond acceptors (Lipinski definition) is 4. The first-order valence-corrected chi connectivity index (χ1v) is 7.54. The molecule has 0 bridgehead atoms. The Morgan fingerprint density at radius 3 is 1.38 bits per heavy atom. The van der Waals surface area contributed by atoms with Gasteiger partial charge >= 0.3 is 0 Å². The van der Waals surface area contributed by atoms with Crippen LogP contribution in [0.4, 0.5) is 20.2 Å². The van der Waals surface area contributed by atoms with Gasteiger partial charge in [0.05, 0.1) is 26.2 Å². The van der Waals surface area contributed by atoms with Crippen molar-refractivity contribution in [2.24, 2.45) is 20.7 Å². The van der Waals surface area contributed by atoms with Gasteiger partial charge in [-0.2, -0.15) is 0 Å². The third kappa shape index (κ3) is 4.09. The number of nitrogens with zero attached hydrogens (tertiary/aromatic N) is 6. The summed E-state index contributed by atoms with van der Waals surface area (Å²) >= 11 is 0. The number of piperazine rings is 1. The third-order valence-electron chi connectivity index (χ3n) is 3.50. The molecule has 2 aromatic rings. The molecule has 2 aromatic carbocycles. The summed E-state index contributed by atoms with van der Waals surface area (Å²) in [7, 11) is 0. The molecule has 0 spiro atoms. The van der Waals surface area contributed by atoms with Crippen molar-refractivity contribution in [2.75, 3.05) is 26.2 Å². The zero-order chi connectivity index (χ0) is 16.8. The molecule has 124 valence electrons. The van der Waals surface area contributed by atoms with Crippen LogP contribution in [0.3, 0.4) is 0 Å². The second-order valence-corrected chi connectivity index (χ2v) is 5.19. The van der Waals surface area contributed by atoms with E-state index in [0.717, 1.165) is 0 Å². The van der Waals surface area contributed by atoms with E-state index in [0.29, 0.717) is 26.2 Å². The first kappa shape index (κ1) is 16.0. The summed E-state index contributed by atoms with van der Waals surface area (Å²) in [6, 6.07) is 12.4. The van der Waals surface area contributed by atoms with Crippen molar-refractivity contribution in [3.63, 3.8) is 0 Å². The molecule has 0 atom stereocenters. The Bertz CT molecular complexity index is 677. The van der Waals surface area contributed by atoms with Gasteiger partial charge in [0.15, 0.2) is 11.6 Å². The average Bonchev–Trinajstić information content (AvgIpc) is 2.61. The van der Waals surface area contributed by atoms with Gasteiger partial charge in [0.2, 0.25) is 0 Å². The van der Waals surface area contributed by atoms with Crippen molar-refractivity contribution < 1.29 is 8.78 Å². The molecule has 3 rings (SSSR count). The highest BCUT2D eigenvalue weighted by atomic mass is 19.1. The lowest BCUT2D eigenvalue weighted by Gasteiger charge is -2.29. The maximum atomic E-state index is 13.5. The molecule has 0 amide bonds. The van der Waals surface area contributed by atoms with E-state index in [-0.39, 0.29) is 11.4 Å². The number of hydrogen-bond donors (Lipinski definition) is 0. The van der Waals surface area contributed by atoms with Crippen LogP contribution < -0.4 is 0 Å². The minimum atomic E-state index is -0.404. The summed E-state index contributed by atoms with van der Waals surface area (Å²) in [5.74, 6) is -0.808. The first-order valence-electron chi connectivity index (χ1n) is 7.54. The fourth-order valence-electron chi connectivity index (χ4n) is 2.15. The minimum Gasteiger partial charge on any atom is -0.275 e. The Balaban J connectivity index is 1.53. The fraction of sp³-hybridized carbons (Fsp3) is 0.250. The average molecular weight is 330 g/mol. The standard InChI is InChI=1S/C16H16F2N6/c17-13-5-1-3-7-15(13)19-21-23-9-11-24(12-10-23)22-20-16-8-4-2-6-14(16)18/h1-8H,9-12H2. The van der Waals surface area contributed by atoms with Gasteiger partial charge in [-0.15, -0.1) is 10.2 Å². The van der Waals surface area contributed by atoms with Crippen molar-refractivity contribution in [3.05, 3.63) is 60.2 Å². The minimum absolute atomic E-state index is 0.208. The summed E-state index contributed by atoms with van der Waals surface area (Å²) in [4.78, 5) is 0. The zero-order valence-corrected chi connectivity index (χ0v) is 12.9. The topological polar surface area (TPSA) is 55.9 Å². The number of rotatable bonds is 4. The summed E-state index contributed by atoms with van der Waals surface area (Å²) in [5.41, 5.74) is 0.415. The highest BCUT2D eigenvalue weighted by Crippen LogP contribution is 2.19. The highest BCUT2D eigenvalue weighted by molar-refractivity contribution is 5.37. The van der Waals surface area contributed by atoms with Crippen LogP contribution in [0.5, 0.6) is 0 Å². The molecule has 0 aliphatic carbocycles. The normalized spacial score (nSPS) is 15.6. The summed E-state index contributed by atoms with van der Waals surface area (Å²) in [6.07, 6.45) is 0. The van der Waals surface area contributed by atoms with E-state index >= 15 is 0 Å². The van der Waals surface area contributed by atoms with Gasteiger partial charge in [-0.1, -0.05) is 34.7 Å². The molecule has 6 nitrogen and oxygen atoms in total. The quantitative estimate of drug-likeness (QED) is 0.786. The predicted octanol–water partition coefficient (Wildman–Crippen LogP) is 4.28. The van der Waals surface area contributed by atoms with Crippen LogP contribution in [-0.2, 0) is 0 Å². The van der Waals surface area contributed by atoms with Crippen molar-refractivity contribution in [1.29, 1.82) is 0 Å². The fourth-order valence-corrected chi connectivity index (χ4v) is 2.15. The Hall–Kier alpha value is -2.90. The lowest BCUT2D eigenvalue weighted by atomic mass is 10.3. The van der Waals surface area contributed by atoms with Gasteiger partial charge in [-0.25, -0.2) is 8.78 Å². The van der Waals surface area contributed by atoms with Crippen LogP contribution in [0.2, 0.25) is 0 Å². The first-order chi connectivity index (χ1) is 11.7. The molecule has 0 radical (unpaired) electrons. The van der Waals surface area contributed by atoms with Crippen LogP contribution in [-0.4, -0.2) is 36.2 Å². The third-order valence-corrected chi connectivity index (χ3v) is 3.50. The Labute approximate surface area is 138 Å². The van der Waals surface area contributed by atoms with Crippen molar-refractivity contribution >= 4 is 11.4 Å². The second-order valence-electron chi connectivity index (χ2n) is 5.19. The van der Waals surface area contributed by atoms with E-state index < -0.39 is 11.6 Å². The molecular weight excluding hydrogens is 314 g/mol. The molecule has 0 unspecified atom stereocenters. The lowest BCUT2D eigenvalue weighted by Crippen LogP contribution is -2.40. The van der Waals surface area contributed by atoms with Crippen LogP contribution in [0.15, 0.2) is 69.2 Å². The molecule has 1 fully saturated rings. The van der Waals surface area contributed by atoms with E-state index in [1.165, 1.54) is 12.1 Å². The highest BCUT2D eigenvalue weighted by Gasteiger charge is 2.14. The second kappa shape index (κ2) is 7.58. The van der Waals surface area contributed by atoms with Gasteiger partial charge in [0.25, 0.3) is 0 Å². The van der Waals surface area contributed by atoms with Gasteiger partial charge in [-0.05, 0) is 24.3 Å². The van der Waals surface area contributed by atoms with E-state index in [9.17, 15) is 8.78 Å². The van der Waals surface area contributed by atoms with E-state index in [2.05, 4.69) is 20.7 Å². The van der Waals surface area contributed by atoms with Crippen molar-refractivity contribution in [3.8, 4) is 0 Å². The summed E-state index contributed by atoms with van der Waals surface area (Å²) in [5, 5.41) is 19.4. The molecule has 0 N–H and O–H groups in total. The molecule has 1 heterocycles. The maximum absolute atomic E-state index is 13.5. The van der Waals surface area contributed by atoms with Gasteiger partial charge in [0.1, 0.15) is 11.4 Å². The molecule has 24 heavy (non-hydrogen) atoms. The molecular formula is C16H16F2N6. The number of halogens is 2. The lowest BCUT2D eigenvalue weighted by molar-refractivity contribution is 0.125. The summed E-state index contributed by atoms with van der Waals surface area (Å²) < 4.78 is 26.9. The Morgan fingerprint density at radius 1 is 0.625 bits per heavy atom. The van der Waals surface area contributed by atoms with Crippen LogP contribution in [0.1, 0.15) is 0 Å². The predicted molar refractivity (Wildman–Crippen MR) is 85.0 cm³/mol. The van der Waals surface area contributed by atoms with E-state index in [1.807, 2.05) is 0 Å². The smallest absolute Gasteiger partial charge is 0.150 e. The van der Waals surface area contributed by atoms with Gasteiger partial charge < -0.3 is 0 Å². The largest absolute Gasteiger partial charge is 0.275 e. The van der Waals surface area contributed by atoms with Crippen LogP contribution in [0, 0.1) is 11.6 Å². The molecule has 8 heteroatoms. The molecule has 1 aliphatic rings. The molecule has 1 saturated heterocycles. The van der Waals surface area contributed by atoms with E-state index in [1.54, 1.807) is 46.4 Å². The molecule has 0 saturated carbocycles. The number of benzene rings is 2. The Morgan fingerprint density at radius 2 is 1.00 bits per heavy atom. The van der Waals surface area contributed by atoms with Gasteiger partial charge in [-0.3, -0.25) is 10.0 Å². The zero-order valence-electron chi connectivity index (χ0n) is 12.9. The van der Waals surface area contributed by atoms with Crippen molar-refractivity contribution in [2.45, 2.75) is 0 Å². The Kier molecular flexibility index (Phi) is 5.05. The van der Waals surface area contributed by atoms with Crippen LogP contribution >= 0.6 is 0 Å². The molecule has 0 aromatic heterocycles. The maximum Gasteiger partial charge on any atom is 0.150 e. The SMILES string of the molecule is Fc1ccccc1N=NN1CCN(N=Nc2ccccc2F)CC1. The van der Waals surface area contributed by atoms with E-state index in [4.69, 9.17) is 0 Å². The van der Waals surface area contributed by atoms with Crippen LogP contribution in [0.25, 0.3) is 0 Å². The van der Waals surface area contributed by atoms with Gasteiger partial charge in [0, 0.05) is 0 Å². The van der Waals surface area contributed by atoms with Crippen molar-refractivity contribution in [1.82, 2.24) is 10.0 Å². The molecule has 1 aliphatic heterocycles.